The number of rotatable bonds is 9. The summed E-state index contributed by atoms with van der Waals surface area (Å²) in [5.41, 5.74) is 4.77. The topological polar surface area (TPSA) is 108 Å². The lowest BCUT2D eigenvalue weighted by Gasteiger charge is -2.33. The minimum atomic E-state index is -4.34. The van der Waals surface area contributed by atoms with E-state index in [-0.39, 0.29) is 24.1 Å². The molecule has 216 valence electrons. The van der Waals surface area contributed by atoms with Gasteiger partial charge in [0, 0.05) is 61.0 Å². The maximum absolute atomic E-state index is 12.9. The fraction of sp³-hybridized carbons (Fsp3) is 0.429. The van der Waals surface area contributed by atoms with E-state index < -0.39 is 25.2 Å². The molecular weight excluding hydrogens is 540 g/mol. The Labute approximate surface area is 233 Å². The summed E-state index contributed by atoms with van der Waals surface area (Å²) in [6.45, 7) is 3.49. The van der Waals surface area contributed by atoms with E-state index in [4.69, 9.17) is 0 Å². The van der Waals surface area contributed by atoms with Crippen LogP contribution in [-0.2, 0) is 24.3 Å². The van der Waals surface area contributed by atoms with Crippen molar-refractivity contribution in [3.8, 4) is 6.07 Å². The monoisotopic (exact) mass is 570 g/mol. The quantitative estimate of drug-likeness (QED) is 0.275. The number of aryl methyl sites for hydroxylation is 2. The molecule has 9 nitrogen and oxygen atoms in total. The molecule has 5 rings (SSSR count). The zero-order valence-corrected chi connectivity index (χ0v) is 22.5. The Bertz CT molecular complexity index is 1560. The Morgan fingerprint density at radius 1 is 1.24 bits per heavy atom. The highest BCUT2D eigenvalue weighted by Crippen LogP contribution is 2.31. The predicted octanol–water partition coefficient (Wildman–Crippen LogP) is 5.03. The first-order chi connectivity index (χ1) is 19.6. The molecule has 0 spiro atoms. The first-order valence-corrected chi connectivity index (χ1v) is 13.4. The number of anilines is 1. The third kappa shape index (κ3) is 6.43. The van der Waals surface area contributed by atoms with Crippen molar-refractivity contribution in [2.24, 2.45) is 0 Å². The molecule has 13 heteroatoms. The predicted molar refractivity (Wildman–Crippen MR) is 144 cm³/mol. The van der Waals surface area contributed by atoms with Crippen molar-refractivity contribution in [2.75, 3.05) is 25.1 Å². The lowest BCUT2D eigenvalue weighted by Crippen LogP contribution is -2.34. The van der Waals surface area contributed by atoms with Gasteiger partial charge in [-0.15, -0.1) is 0 Å². The van der Waals surface area contributed by atoms with Crippen LogP contribution in [0.5, 0.6) is 0 Å². The number of piperidine rings is 1. The second-order valence-corrected chi connectivity index (χ2v) is 10.4. The molecule has 1 aliphatic rings. The van der Waals surface area contributed by atoms with Gasteiger partial charge in [0.15, 0.2) is 12.5 Å². The molecule has 0 aliphatic carbocycles. The van der Waals surface area contributed by atoms with Gasteiger partial charge in [-0.3, -0.25) is 14.8 Å². The lowest BCUT2D eigenvalue weighted by atomic mass is 10.0. The van der Waals surface area contributed by atoms with Gasteiger partial charge in [0.2, 0.25) is 0 Å². The highest BCUT2D eigenvalue weighted by Gasteiger charge is 2.30. The number of H-pyrrole nitrogens is 1. The van der Waals surface area contributed by atoms with Crippen molar-refractivity contribution >= 4 is 22.6 Å². The van der Waals surface area contributed by atoms with Crippen LogP contribution in [0, 0.1) is 18.3 Å². The van der Waals surface area contributed by atoms with Crippen LogP contribution in [0.3, 0.4) is 0 Å². The molecule has 4 heterocycles. The van der Waals surface area contributed by atoms with Crippen LogP contribution >= 0.6 is 0 Å². The van der Waals surface area contributed by atoms with Gasteiger partial charge in [0.25, 0.3) is 5.91 Å². The summed E-state index contributed by atoms with van der Waals surface area (Å²) in [5, 5.41) is 19.9. The standard InChI is InChI=1S/C28H30F4N8O/c1-18-20(2-3-24-23(18)10-22(12-33)39(24)15-19-13-34-35-14-19)16-38-8-5-21(6-9-38)40-17-25(37-27(41)11-29)36-26(40)4-7-28(30,31)32/h2-3,10,13-14,17,21H,4-9,11,15-16H2,1H3,(H,34,35)(H,37,41). The summed E-state index contributed by atoms with van der Waals surface area (Å²) in [5.74, 6) is -0.602. The number of alkyl halides is 4. The number of nitrogens with one attached hydrogen (secondary N) is 2. The average Bonchev–Trinajstić information content (AvgIpc) is 3.69. The number of likely N-dealkylation sites (tertiary alicyclic amines) is 1. The number of carbonyl (C=O) groups excluding carboxylic acids is 1. The Morgan fingerprint density at radius 3 is 2.68 bits per heavy atom. The number of carbonyl (C=O) groups is 1. The van der Waals surface area contributed by atoms with Crippen LogP contribution in [-0.4, -0.2) is 61.1 Å². The molecule has 3 aromatic heterocycles. The van der Waals surface area contributed by atoms with Crippen molar-refractivity contribution < 1.29 is 22.4 Å². The van der Waals surface area contributed by atoms with Crippen LogP contribution in [0.4, 0.5) is 23.4 Å². The van der Waals surface area contributed by atoms with Crippen LogP contribution in [0.2, 0.25) is 0 Å². The zero-order chi connectivity index (χ0) is 29.1. The molecule has 41 heavy (non-hydrogen) atoms. The first-order valence-electron chi connectivity index (χ1n) is 13.4. The fourth-order valence-corrected chi connectivity index (χ4v) is 5.52. The number of aromatic amines is 1. The zero-order valence-electron chi connectivity index (χ0n) is 22.5. The molecule has 1 saturated heterocycles. The molecule has 0 unspecified atom stereocenters. The molecule has 1 aliphatic heterocycles. The molecule has 0 bridgehead atoms. The number of nitriles is 1. The van der Waals surface area contributed by atoms with Gasteiger partial charge in [-0.05, 0) is 43.0 Å². The number of hydrogen-bond acceptors (Lipinski definition) is 5. The molecule has 0 atom stereocenters. The van der Waals surface area contributed by atoms with Gasteiger partial charge >= 0.3 is 6.18 Å². The van der Waals surface area contributed by atoms with Crippen LogP contribution in [0.15, 0.2) is 36.8 Å². The number of halogens is 4. The van der Waals surface area contributed by atoms with E-state index >= 15 is 0 Å². The Morgan fingerprint density at radius 2 is 2.02 bits per heavy atom. The van der Waals surface area contributed by atoms with Crippen molar-refractivity contribution in [2.45, 2.75) is 57.9 Å². The number of benzene rings is 1. The third-order valence-corrected chi connectivity index (χ3v) is 7.65. The Balaban J connectivity index is 1.29. The number of fused-ring (bicyclic) bond motifs is 1. The van der Waals surface area contributed by atoms with Crippen molar-refractivity contribution in [3.05, 3.63) is 65.0 Å². The molecular formula is C28H30F4N8O. The SMILES string of the molecule is Cc1c(CN2CCC(n3cc(NC(=O)CF)nc3CCC(F)(F)F)CC2)ccc2c1cc(C#N)n2Cc1cn[nH]c1. The van der Waals surface area contributed by atoms with Gasteiger partial charge in [-0.25, -0.2) is 9.37 Å². The minimum absolute atomic E-state index is 0.0626. The van der Waals surface area contributed by atoms with E-state index in [1.807, 2.05) is 22.9 Å². The van der Waals surface area contributed by atoms with Crippen LogP contribution in [0.25, 0.3) is 10.9 Å². The molecule has 1 aromatic carbocycles. The second-order valence-electron chi connectivity index (χ2n) is 10.4. The minimum Gasteiger partial charge on any atom is -0.330 e. The average molecular weight is 571 g/mol. The summed E-state index contributed by atoms with van der Waals surface area (Å²) in [6, 6.07) is 8.25. The van der Waals surface area contributed by atoms with E-state index in [2.05, 4.69) is 44.5 Å². The van der Waals surface area contributed by atoms with E-state index in [1.54, 1.807) is 10.8 Å². The first kappa shape index (κ1) is 28.4. The summed E-state index contributed by atoms with van der Waals surface area (Å²) in [6.07, 6.45) is 0.745. The molecule has 4 aromatic rings. The molecule has 0 saturated carbocycles. The number of imidazole rings is 1. The van der Waals surface area contributed by atoms with Gasteiger partial charge in [0.1, 0.15) is 17.6 Å². The maximum Gasteiger partial charge on any atom is 0.389 e. The highest BCUT2D eigenvalue weighted by atomic mass is 19.4. The smallest absolute Gasteiger partial charge is 0.330 e. The number of aromatic nitrogens is 5. The lowest BCUT2D eigenvalue weighted by molar-refractivity contribution is -0.134. The van der Waals surface area contributed by atoms with Crippen LogP contribution < -0.4 is 5.32 Å². The van der Waals surface area contributed by atoms with Crippen molar-refractivity contribution in [1.29, 1.82) is 5.26 Å². The summed E-state index contributed by atoms with van der Waals surface area (Å²) >= 11 is 0. The van der Waals surface area contributed by atoms with Crippen LogP contribution in [0.1, 0.15) is 53.5 Å². The molecule has 2 N–H and O–H groups in total. The third-order valence-electron chi connectivity index (χ3n) is 7.65. The number of hydrogen-bond donors (Lipinski definition) is 2. The Hall–Kier alpha value is -4.18. The van der Waals surface area contributed by atoms with Gasteiger partial charge in [0.05, 0.1) is 19.2 Å². The van der Waals surface area contributed by atoms with E-state index in [0.29, 0.717) is 31.6 Å². The summed E-state index contributed by atoms with van der Waals surface area (Å²) in [7, 11) is 0. The fourth-order valence-electron chi connectivity index (χ4n) is 5.52. The van der Waals surface area contributed by atoms with Gasteiger partial charge < -0.3 is 14.5 Å². The Kier molecular flexibility index (Phi) is 8.12. The largest absolute Gasteiger partial charge is 0.389 e. The van der Waals surface area contributed by atoms with Crippen molar-refractivity contribution in [3.63, 3.8) is 0 Å². The molecule has 1 fully saturated rings. The number of amides is 1. The van der Waals surface area contributed by atoms with E-state index in [1.165, 1.54) is 6.20 Å². The second kappa shape index (κ2) is 11.7. The molecule has 1 amide bonds. The number of nitrogens with zero attached hydrogens (tertiary/aromatic N) is 6. The van der Waals surface area contributed by atoms with E-state index in [9.17, 15) is 27.6 Å². The normalized spacial score (nSPS) is 14.9. The summed E-state index contributed by atoms with van der Waals surface area (Å²) in [4.78, 5) is 18.0. The molecule has 0 radical (unpaired) electrons. The van der Waals surface area contributed by atoms with E-state index in [0.717, 1.165) is 40.7 Å². The maximum atomic E-state index is 12.9. The van der Waals surface area contributed by atoms with Crippen molar-refractivity contribution in [1.82, 2.24) is 29.2 Å². The highest BCUT2D eigenvalue weighted by molar-refractivity contribution is 5.90. The van der Waals surface area contributed by atoms with Gasteiger partial charge in [-0.2, -0.15) is 23.5 Å². The van der Waals surface area contributed by atoms with Gasteiger partial charge in [-0.1, -0.05) is 6.07 Å². The summed E-state index contributed by atoms with van der Waals surface area (Å²) < 4.78 is 55.1.